The number of aromatic nitrogens is 1. The molecule has 1 aliphatic carbocycles. The first-order valence-electron chi connectivity index (χ1n) is 9.57. The SMILES string of the molecule is CCN(CC)C(=O)N[C@H]1C[C@@H]2c3c(Br)ccc4[nH]cc(c34)C[C@H]2N(C)C1. The zero-order valence-electron chi connectivity index (χ0n) is 15.7. The van der Waals surface area contributed by atoms with Crippen LogP contribution < -0.4 is 5.32 Å². The van der Waals surface area contributed by atoms with Crippen molar-refractivity contribution in [3.05, 3.63) is 33.9 Å². The van der Waals surface area contributed by atoms with Gasteiger partial charge in [-0.1, -0.05) is 15.9 Å². The van der Waals surface area contributed by atoms with Crippen LogP contribution in [0.2, 0.25) is 0 Å². The maximum Gasteiger partial charge on any atom is 0.317 e. The minimum absolute atomic E-state index is 0.0577. The van der Waals surface area contributed by atoms with E-state index in [-0.39, 0.29) is 12.1 Å². The number of H-pyrrole nitrogens is 1. The van der Waals surface area contributed by atoms with Gasteiger partial charge in [0.25, 0.3) is 0 Å². The number of likely N-dealkylation sites (tertiary alicyclic amines) is 1. The average Bonchev–Trinajstić information content (AvgIpc) is 3.02. The van der Waals surface area contributed by atoms with Gasteiger partial charge in [-0.25, -0.2) is 4.79 Å². The van der Waals surface area contributed by atoms with Crippen LogP contribution in [0.15, 0.2) is 22.8 Å². The third kappa shape index (κ3) is 2.83. The quantitative estimate of drug-likeness (QED) is 0.798. The number of rotatable bonds is 3. The van der Waals surface area contributed by atoms with Gasteiger partial charge in [0.2, 0.25) is 0 Å². The van der Waals surface area contributed by atoms with E-state index in [4.69, 9.17) is 0 Å². The second-order valence-electron chi connectivity index (χ2n) is 7.57. The second-order valence-corrected chi connectivity index (χ2v) is 8.42. The van der Waals surface area contributed by atoms with Crippen molar-refractivity contribution >= 4 is 32.9 Å². The highest BCUT2D eigenvalue weighted by Crippen LogP contribution is 2.46. The van der Waals surface area contributed by atoms with Crippen LogP contribution in [0, 0.1) is 0 Å². The van der Waals surface area contributed by atoms with Crippen molar-refractivity contribution in [1.82, 2.24) is 20.1 Å². The Balaban J connectivity index is 1.64. The Morgan fingerprint density at radius 2 is 2.15 bits per heavy atom. The molecule has 0 bridgehead atoms. The molecule has 2 aromatic rings. The molecule has 2 N–H and O–H groups in total. The summed E-state index contributed by atoms with van der Waals surface area (Å²) in [5.41, 5.74) is 4.03. The summed E-state index contributed by atoms with van der Waals surface area (Å²) < 4.78 is 1.18. The molecule has 2 heterocycles. The van der Waals surface area contributed by atoms with Gasteiger partial charge in [0.05, 0.1) is 0 Å². The van der Waals surface area contributed by atoms with Gasteiger partial charge in [0.15, 0.2) is 0 Å². The maximum atomic E-state index is 12.5. The van der Waals surface area contributed by atoms with Crippen LogP contribution in [0.1, 0.15) is 37.3 Å². The van der Waals surface area contributed by atoms with Gasteiger partial charge in [-0.05, 0) is 57.0 Å². The standard InChI is InChI=1S/C20H27BrN4O/c1-4-25(5-2)20(26)23-13-9-14-17(24(3)11-13)8-12-10-22-16-7-6-15(21)19(14)18(12)16/h6-7,10,13-14,17,22H,4-5,8-9,11H2,1-3H3,(H,23,26)/t13-,14-,17+/m0/s1. The van der Waals surface area contributed by atoms with Gasteiger partial charge in [-0.2, -0.15) is 0 Å². The van der Waals surface area contributed by atoms with E-state index in [2.05, 4.69) is 56.5 Å². The molecule has 26 heavy (non-hydrogen) atoms. The number of piperidine rings is 1. The lowest BCUT2D eigenvalue weighted by atomic mass is 9.74. The fraction of sp³-hybridized carbons (Fsp3) is 0.550. The monoisotopic (exact) mass is 418 g/mol. The lowest BCUT2D eigenvalue weighted by Gasteiger charge is -2.46. The number of urea groups is 1. The zero-order chi connectivity index (χ0) is 18.4. The summed E-state index contributed by atoms with van der Waals surface area (Å²) in [5, 5.41) is 4.66. The number of carbonyl (C=O) groups excluding carboxylic acids is 1. The summed E-state index contributed by atoms with van der Waals surface area (Å²) in [4.78, 5) is 20.3. The third-order valence-electron chi connectivity index (χ3n) is 6.17. The first-order valence-corrected chi connectivity index (χ1v) is 10.4. The third-order valence-corrected chi connectivity index (χ3v) is 6.86. The van der Waals surface area contributed by atoms with Crippen LogP contribution >= 0.6 is 15.9 Å². The molecule has 1 saturated heterocycles. The molecule has 140 valence electrons. The minimum Gasteiger partial charge on any atom is -0.361 e. The van der Waals surface area contributed by atoms with Gasteiger partial charge < -0.3 is 20.1 Å². The average molecular weight is 419 g/mol. The predicted octanol–water partition coefficient (Wildman–Crippen LogP) is 3.69. The van der Waals surface area contributed by atoms with Crippen LogP contribution in [-0.2, 0) is 6.42 Å². The molecule has 6 heteroatoms. The highest BCUT2D eigenvalue weighted by molar-refractivity contribution is 9.10. The molecule has 0 saturated carbocycles. The van der Waals surface area contributed by atoms with Crippen molar-refractivity contribution < 1.29 is 4.79 Å². The summed E-state index contributed by atoms with van der Waals surface area (Å²) in [5.74, 6) is 0.428. The molecular formula is C20H27BrN4O. The Morgan fingerprint density at radius 3 is 2.88 bits per heavy atom. The van der Waals surface area contributed by atoms with Crippen molar-refractivity contribution in [3.63, 3.8) is 0 Å². The van der Waals surface area contributed by atoms with Crippen molar-refractivity contribution in [2.24, 2.45) is 0 Å². The fourth-order valence-corrected chi connectivity index (χ4v) is 5.49. The largest absolute Gasteiger partial charge is 0.361 e. The number of halogens is 1. The van der Waals surface area contributed by atoms with Gasteiger partial charge in [0.1, 0.15) is 0 Å². The first kappa shape index (κ1) is 17.9. The zero-order valence-corrected chi connectivity index (χ0v) is 17.3. The lowest BCUT2D eigenvalue weighted by Crippen LogP contribution is -2.56. The number of hydrogen-bond acceptors (Lipinski definition) is 2. The molecule has 3 atom stereocenters. The summed E-state index contributed by atoms with van der Waals surface area (Å²) >= 11 is 3.80. The number of benzene rings is 1. The first-order chi connectivity index (χ1) is 12.5. The summed E-state index contributed by atoms with van der Waals surface area (Å²) in [7, 11) is 2.19. The molecule has 0 radical (unpaired) electrons. The van der Waals surface area contributed by atoms with Crippen LogP contribution in [0.5, 0.6) is 0 Å². The molecule has 2 amide bonds. The Morgan fingerprint density at radius 1 is 1.38 bits per heavy atom. The molecule has 1 aromatic carbocycles. The van der Waals surface area contributed by atoms with Crippen molar-refractivity contribution in [2.45, 2.75) is 44.7 Å². The number of likely N-dealkylation sites (N-methyl/N-ethyl adjacent to an activating group) is 1. The number of nitrogens with one attached hydrogen (secondary N) is 2. The predicted molar refractivity (Wildman–Crippen MR) is 109 cm³/mol. The van der Waals surface area contributed by atoms with E-state index in [1.54, 1.807) is 0 Å². The smallest absolute Gasteiger partial charge is 0.317 e. The van der Waals surface area contributed by atoms with E-state index in [9.17, 15) is 4.79 Å². The van der Waals surface area contributed by atoms with Crippen LogP contribution in [0.25, 0.3) is 10.9 Å². The highest BCUT2D eigenvalue weighted by atomic mass is 79.9. The van der Waals surface area contributed by atoms with Gasteiger partial charge in [-0.3, -0.25) is 0 Å². The van der Waals surface area contributed by atoms with E-state index < -0.39 is 0 Å². The Hall–Kier alpha value is -1.53. The number of nitrogens with zero attached hydrogens (tertiary/aromatic N) is 2. The van der Waals surface area contributed by atoms with E-state index >= 15 is 0 Å². The fourth-order valence-electron chi connectivity index (χ4n) is 4.86. The summed E-state index contributed by atoms with van der Waals surface area (Å²) in [6.07, 6.45) is 4.23. The molecule has 2 aliphatic rings. The molecule has 1 fully saturated rings. The number of carbonyl (C=O) groups is 1. The van der Waals surface area contributed by atoms with Crippen molar-refractivity contribution in [1.29, 1.82) is 0 Å². The highest BCUT2D eigenvalue weighted by Gasteiger charge is 2.40. The topological polar surface area (TPSA) is 51.4 Å². The van der Waals surface area contributed by atoms with Crippen LogP contribution in [0.3, 0.4) is 0 Å². The molecule has 0 unspecified atom stereocenters. The maximum absolute atomic E-state index is 12.5. The van der Waals surface area contributed by atoms with E-state index in [0.29, 0.717) is 12.0 Å². The Kier molecular flexibility index (Phi) is 4.73. The number of hydrogen-bond donors (Lipinski definition) is 2. The van der Waals surface area contributed by atoms with Crippen molar-refractivity contribution in [2.75, 3.05) is 26.7 Å². The molecule has 1 aromatic heterocycles. The second kappa shape index (κ2) is 6.89. The number of aromatic amines is 1. The lowest BCUT2D eigenvalue weighted by molar-refractivity contribution is 0.123. The van der Waals surface area contributed by atoms with E-state index in [1.165, 1.54) is 26.5 Å². The molecular weight excluding hydrogens is 392 g/mol. The Labute approximate surface area is 163 Å². The van der Waals surface area contributed by atoms with Crippen LogP contribution in [0.4, 0.5) is 4.79 Å². The molecule has 0 spiro atoms. The normalized spacial score (nSPS) is 25.2. The summed E-state index contributed by atoms with van der Waals surface area (Å²) in [6.45, 7) is 6.45. The minimum atomic E-state index is 0.0577. The van der Waals surface area contributed by atoms with Gasteiger partial charge >= 0.3 is 6.03 Å². The van der Waals surface area contributed by atoms with E-state index in [1.807, 2.05) is 18.7 Å². The van der Waals surface area contributed by atoms with Crippen LogP contribution in [-0.4, -0.2) is 59.6 Å². The Bertz CT molecular complexity index is 829. The summed E-state index contributed by atoms with van der Waals surface area (Å²) in [6, 6.07) is 5.03. The number of amides is 2. The van der Waals surface area contributed by atoms with Gasteiger partial charge in [0, 0.05) is 59.2 Å². The molecule has 1 aliphatic heterocycles. The van der Waals surface area contributed by atoms with Crippen molar-refractivity contribution in [3.8, 4) is 0 Å². The van der Waals surface area contributed by atoms with E-state index in [0.717, 1.165) is 32.5 Å². The van der Waals surface area contributed by atoms with Gasteiger partial charge in [-0.15, -0.1) is 0 Å². The number of fused-ring (bicyclic) bond motifs is 2. The molecule has 5 nitrogen and oxygen atoms in total. The molecule has 4 rings (SSSR count).